The van der Waals surface area contributed by atoms with Crippen LogP contribution >= 0.6 is 0 Å². The minimum Gasteiger partial charge on any atom is -0.456 e. The van der Waals surface area contributed by atoms with E-state index < -0.39 is 17.9 Å². The molecule has 0 aliphatic rings. The highest BCUT2D eigenvalue weighted by Crippen LogP contribution is 2.04. The lowest BCUT2D eigenvalue weighted by atomic mass is 10.0. The van der Waals surface area contributed by atoms with Crippen LogP contribution in [0.5, 0.6) is 0 Å². The van der Waals surface area contributed by atoms with Crippen molar-refractivity contribution in [2.75, 3.05) is 6.61 Å². The number of ketones is 1. The maximum atomic E-state index is 11.5. The fourth-order valence-electron chi connectivity index (χ4n) is 1.55. The van der Waals surface area contributed by atoms with Crippen molar-refractivity contribution in [2.45, 2.75) is 26.3 Å². The lowest BCUT2D eigenvalue weighted by Gasteiger charge is -2.15. The van der Waals surface area contributed by atoms with Gasteiger partial charge in [-0.1, -0.05) is 30.3 Å². The summed E-state index contributed by atoms with van der Waals surface area (Å²) in [6.45, 7) is 2.27. The molecule has 0 spiro atoms. The number of benzene rings is 1. The molecule has 5 heteroatoms. The lowest BCUT2D eigenvalue weighted by Crippen LogP contribution is -2.43. The summed E-state index contributed by atoms with van der Waals surface area (Å²) in [5, 5.41) is 2.55. The van der Waals surface area contributed by atoms with Crippen molar-refractivity contribution < 1.29 is 19.1 Å². The van der Waals surface area contributed by atoms with Gasteiger partial charge in [0.25, 0.3) is 5.91 Å². The number of carbonyl (C=O) groups is 3. The third-order valence-corrected chi connectivity index (χ3v) is 2.52. The van der Waals surface area contributed by atoms with Crippen LogP contribution in [0, 0.1) is 0 Å². The molecule has 0 aliphatic carbocycles. The average molecular weight is 263 g/mol. The molecule has 5 nitrogen and oxygen atoms in total. The fourth-order valence-corrected chi connectivity index (χ4v) is 1.55. The maximum absolute atomic E-state index is 11.5. The number of esters is 1. The van der Waals surface area contributed by atoms with Gasteiger partial charge in [0.1, 0.15) is 0 Å². The van der Waals surface area contributed by atoms with Crippen LogP contribution in [-0.4, -0.2) is 30.3 Å². The van der Waals surface area contributed by atoms with Gasteiger partial charge in [-0.15, -0.1) is 0 Å². The van der Waals surface area contributed by atoms with Gasteiger partial charge in [-0.25, -0.2) is 0 Å². The zero-order valence-corrected chi connectivity index (χ0v) is 11.0. The lowest BCUT2D eigenvalue weighted by molar-refractivity contribution is -0.146. The molecule has 1 rings (SSSR count). The second kappa shape index (κ2) is 7.31. The molecular weight excluding hydrogens is 246 g/mol. The van der Waals surface area contributed by atoms with E-state index in [1.165, 1.54) is 13.8 Å². The summed E-state index contributed by atoms with van der Waals surface area (Å²) in [7, 11) is 0. The third kappa shape index (κ3) is 5.81. The minimum atomic E-state index is -0.606. The highest BCUT2D eigenvalue weighted by Gasteiger charge is 2.17. The quantitative estimate of drug-likeness (QED) is 0.773. The van der Waals surface area contributed by atoms with Crippen molar-refractivity contribution in [3.63, 3.8) is 0 Å². The van der Waals surface area contributed by atoms with Gasteiger partial charge in [0.05, 0.1) is 6.04 Å². The Hall–Kier alpha value is -2.17. The molecule has 0 heterocycles. The normalized spacial score (nSPS) is 11.5. The highest BCUT2D eigenvalue weighted by molar-refractivity contribution is 5.88. The summed E-state index contributed by atoms with van der Waals surface area (Å²) in [5.74, 6) is -1.15. The minimum absolute atomic E-state index is 0.139. The Morgan fingerprint density at radius 1 is 1.16 bits per heavy atom. The predicted molar refractivity (Wildman–Crippen MR) is 69.4 cm³/mol. The monoisotopic (exact) mass is 263 g/mol. The zero-order valence-electron chi connectivity index (χ0n) is 11.0. The zero-order chi connectivity index (χ0) is 14.3. The summed E-state index contributed by atoms with van der Waals surface area (Å²) in [6, 6.07) is 8.78. The number of nitrogens with one attached hydrogen (secondary N) is 1. The van der Waals surface area contributed by atoms with E-state index in [0.717, 1.165) is 5.56 Å². The first-order valence-electron chi connectivity index (χ1n) is 5.96. The highest BCUT2D eigenvalue weighted by atomic mass is 16.5. The number of hydrogen-bond donors (Lipinski definition) is 1. The van der Waals surface area contributed by atoms with Crippen molar-refractivity contribution in [3.8, 4) is 0 Å². The predicted octanol–water partition coefficient (Wildman–Crippen LogP) is 0.866. The van der Waals surface area contributed by atoms with Crippen molar-refractivity contribution in [2.24, 2.45) is 0 Å². The van der Waals surface area contributed by atoms with Gasteiger partial charge >= 0.3 is 5.97 Å². The van der Waals surface area contributed by atoms with E-state index >= 15 is 0 Å². The number of amides is 1. The summed E-state index contributed by atoms with van der Waals surface area (Å²) in [4.78, 5) is 33.6. The van der Waals surface area contributed by atoms with E-state index in [4.69, 9.17) is 0 Å². The molecular formula is C14H17NO4. The van der Waals surface area contributed by atoms with Crippen LogP contribution in [0.25, 0.3) is 0 Å². The van der Waals surface area contributed by atoms with Gasteiger partial charge in [0.2, 0.25) is 0 Å². The number of Topliss-reactive ketones (excluding diaryl/α,β-unsaturated/α-hetero) is 1. The molecule has 0 aromatic heterocycles. The molecule has 1 N–H and O–H groups in total. The molecule has 0 unspecified atom stereocenters. The molecule has 1 atom stereocenters. The van der Waals surface area contributed by atoms with Crippen LogP contribution in [0.4, 0.5) is 0 Å². The van der Waals surface area contributed by atoms with Crippen LogP contribution in [0.15, 0.2) is 30.3 Å². The van der Waals surface area contributed by atoms with E-state index in [-0.39, 0.29) is 12.4 Å². The molecule has 102 valence electrons. The van der Waals surface area contributed by atoms with Crippen molar-refractivity contribution in [1.29, 1.82) is 0 Å². The summed E-state index contributed by atoms with van der Waals surface area (Å²) in [6.07, 6.45) is 0.419. The SMILES string of the molecule is CC(=O)OCC(=O)N[C@H](Cc1ccccc1)C(C)=O. The Morgan fingerprint density at radius 3 is 2.32 bits per heavy atom. The van der Waals surface area contributed by atoms with Gasteiger partial charge in [0, 0.05) is 6.92 Å². The molecule has 19 heavy (non-hydrogen) atoms. The van der Waals surface area contributed by atoms with Crippen molar-refractivity contribution in [3.05, 3.63) is 35.9 Å². The second-order valence-electron chi connectivity index (χ2n) is 4.20. The van der Waals surface area contributed by atoms with Crippen molar-refractivity contribution >= 4 is 17.7 Å². The fraction of sp³-hybridized carbons (Fsp3) is 0.357. The van der Waals surface area contributed by atoms with E-state index in [1.807, 2.05) is 30.3 Å². The van der Waals surface area contributed by atoms with Gasteiger partial charge in [-0.3, -0.25) is 14.4 Å². The van der Waals surface area contributed by atoms with E-state index in [0.29, 0.717) is 6.42 Å². The van der Waals surface area contributed by atoms with Crippen molar-refractivity contribution in [1.82, 2.24) is 5.32 Å². The molecule has 0 saturated carbocycles. The Kier molecular flexibility index (Phi) is 5.73. The first-order chi connectivity index (χ1) is 8.99. The van der Waals surface area contributed by atoms with Gasteiger partial charge < -0.3 is 10.1 Å². The first kappa shape index (κ1) is 14.9. The van der Waals surface area contributed by atoms with Crippen LogP contribution in [-0.2, 0) is 25.5 Å². The summed E-state index contributed by atoms with van der Waals surface area (Å²) < 4.78 is 4.57. The second-order valence-corrected chi connectivity index (χ2v) is 4.20. The van der Waals surface area contributed by atoms with Crippen LogP contribution in [0.1, 0.15) is 19.4 Å². The average Bonchev–Trinajstić information content (AvgIpc) is 2.36. The molecule has 0 bridgehead atoms. The topological polar surface area (TPSA) is 72.5 Å². The molecule has 0 saturated heterocycles. The van der Waals surface area contributed by atoms with Gasteiger partial charge in [-0.05, 0) is 18.9 Å². The number of rotatable bonds is 6. The number of hydrogen-bond acceptors (Lipinski definition) is 4. The Bertz CT molecular complexity index is 456. The number of carbonyl (C=O) groups excluding carboxylic acids is 3. The maximum Gasteiger partial charge on any atom is 0.303 e. The van der Waals surface area contributed by atoms with Crippen LogP contribution < -0.4 is 5.32 Å². The van der Waals surface area contributed by atoms with Crippen LogP contribution in [0.3, 0.4) is 0 Å². The molecule has 1 amide bonds. The van der Waals surface area contributed by atoms with E-state index in [9.17, 15) is 14.4 Å². The Balaban J connectivity index is 2.56. The van der Waals surface area contributed by atoms with Crippen LogP contribution in [0.2, 0.25) is 0 Å². The van der Waals surface area contributed by atoms with E-state index in [2.05, 4.69) is 10.1 Å². The molecule has 0 fully saturated rings. The molecule has 0 radical (unpaired) electrons. The van der Waals surface area contributed by atoms with Gasteiger partial charge in [0.15, 0.2) is 12.4 Å². The molecule has 1 aromatic carbocycles. The molecule has 0 aliphatic heterocycles. The molecule has 1 aromatic rings. The Morgan fingerprint density at radius 2 is 1.79 bits per heavy atom. The largest absolute Gasteiger partial charge is 0.456 e. The number of ether oxygens (including phenoxy) is 1. The summed E-state index contributed by atoms with van der Waals surface area (Å²) >= 11 is 0. The third-order valence-electron chi connectivity index (χ3n) is 2.52. The standard InChI is InChI=1S/C14H17NO4/c1-10(16)13(8-12-6-4-3-5-7-12)15-14(18)9-19-11(2)17/h3-7,13H,8-9H2,1-2H3,(H,15,18)/t13-/m1/s1. The summed E-state index contributed by atoms with van der Waals surface area (Å²) in [5.41, 5.74) is 0.954. The smallest absolute Gasteiger partial charge is 0.303 e. The van der Waals surface area contributed by atoms with Gasteiger partial charge in [-0.2, -0.15) is 0 Å². The first-order valence-corrected chi connectivity index (χ1v) is 5.96. The Labute approximate surface area is 111 Å². The van der Waals surface area contributed by atoms with E-state index in [1.54, 1.807) is 0 Å².